The van der Waals surface area contributed by atoms with Gasteiger partial charge >= 0.3 is 0 Å². The summed E-state index contributed by atoms with van der Waals surface area (Å²) >= 11 is 12.8. The SMILES string of the molecule is CC[C@H](C(=O)NC1CCCC1)N(Cc1c(Cl)cccc1Cl)C(=O)CN(c1cc(C)cc(C)c1)S(C)(=O)=O. The highest BCUT2D eigenvalue weighted by Gasteiger charge is 2.33. The number of halogens is 2. The lowest BCUT2D eigenvalue weighted by atomic mass is 10.1. The molecule has 0 heterocycles. The molecule has 0 spiro atoms. The molecule has 2 amide bonds. The molecule has 0 saturated heterocycles. The van der Waals surface area contributed by atoms with Crippen molar-refractivity contribution in [1.82, 2.24) is 10.2 Å². The van der Waals surface area contributed by atoms with E-state index in [-0.39, 0.29) is 18.5 Å². The number of rotatable bonds is 10. The monoisotopic (exact) mass is 567 g/mol. The van der Waals surface area contributed by atoms with Crippen molar-refractivity contribution < 1.29 is 18.0 Å². The van der Waals surface area contributed by atoms with Gasteiger partial charge in [0.05, 0.1) is 11.9 Å². The standard InChI is InChI=1S/C27H35Cl2N3O4S/c1-5-25(27(34)30-20-9-6-7-10-20)31(16-22-23(28)11-8-12-24(22)29)26(33)17-32(37(4,35)36)21-14-18(2)13-19(3)15-21/h8,11-15,20,25H,5-7,9-10,16-17H2,1-4H3,(H,30,34)/t25-/m1/s1. The zero-order chi connectivity index (χ0) is 27.3. The molecule has 37 heavy (non-hydrogen) atoms. The Balaban J connectivity index is 1.99. The van der Waals surface area contributed by atoms with Crippen LogP contribution in [0, 0.1) is 13.8 Å². The molecule has 1 atom stereocenters. The van der Waals surface area contributed by atoms with Gasteiger partial charge in [-0.25, -0.2) is 8.42 Å². The van der Waals surface area contributed by atoms with Crippen LogP contribution >= 0.6 is 23.2 Å². The van der Waals surface area contributed by atoms with Gasteiger partial charge in [-0.1, -0.05) is 55.1 Å². The van der Waals surface area contributed by atoms with Gasteiger partial charge in [0.2, 0.25) is 21.8 Å². The largest absolute Gasteiger partial charge is 0.352 e. The first-order chi connectivity index (χ1) is 17.4. The highest BCUT2D eigenvalue weighted by atomic mass is 35.5. The van der Waals surface area contributed by atoms with Crippen LogP contribution in [0.3, 0.4) is 0 Å². The van der Waals surface area contributed by atoms with E-state index in [0.717, 1.165) is 47.4 Å². The van der Waals surface area contributed by atoms with E-state index in [2.05, 4.69) is 5.32 Å². The summed E-state index contributed by atoms with van der Waals surface area (Å²) in [4.78, 5) is 28.6. The summed E-state index contributed by atoms with van der Waals surface area (Å²) in [6, 6.07) is 9.67. The van der Waals surface area contributed by atoms with Crippen LogP contribution in [0.25, 0.3) is 0 Å². The smallest absolute Gasteiger partial charge is 0.244 e. The van der Waals surface area contributed by atoms with Crippen molar-refractivity contribution in [3.05, 3.63) is 63.1 Å². The first-order valence-electron chi connectivity index (χ1n) is 12.5. The van der Waals surface area contributed by atoms with Crippen molar-refractivity contribution in [2.24, 2.45) is 0 Å². The van der Waals surface area contributed by atoms with Gasteiger partial charge < -0.3 is 10.2 Å². The Morgan fingerprint density at radius 3 is 2.14 bits per heavy atom. The Labute approximate surface area is 230 Å². The summed E-state index contributed by atoms with van der Waals surface area (Å²) in [5.74, 6) is -0.780. The molecule has 1 aliphatic rings. The third-order valence-electron chi connectivity index (χ3n) is 6.65. The lowest BCUT2D eigenvalue weighted by molar-refractivity contribution is -0.140. The Bertz CT molecular complexity index is 1210. The molecular weight excluding hydrogens is 533 g/mol. The van der Waals surface area contributed by atoms with Crippen molar-refractivity contribution in [3.63, 3.8) is 0 Å². The molecule has 0 unspecified atom stereocenters. The van der Waals surface area contributed by atoms with Crippen molar-refractivity contribution in [2.45, 2.75) is 71.5 Å². The van der Waals surface area contributed by atoms with Crippen molar-refractivity contribution >= 4 is 50.7 Å². The summed E-state index contributed by atoms with van der Waals surface area (Å²) < 4.78 is 26.7. The molecule has 0 aliphatic heterocycles. The molecule has 202 valence electrons. The van der Waals surface area contributed by atoms with Gasteiger partial charge in [0.1, 0.15) is 12.6 Å². The van der Waals surface area contributed by atoms with Crippen LogP contribution in [0.5, 0.6) is 0 Å². The van der Waals surface area contributed by atoms with Crippen molar-refractivity contribution in [1.29, 1.82) is 0 Å². The number of carbonyl (C=O) groups is 2. The molecule has 3 rings (SSSR count). The number of anilines is 1. The summed E-state index contributed by atoms with van der Waals surface area (Å²) in [6.45, 7) is 5.07. The van der Waals surface area contributed by atoms with Crippen molar-refractivity contribution in [2.75, 3.05) is 17.1 Å². The molecule has 10 heteroatoms. The minimum Gasteiger partial charge on any atom is -0.352 e. The van der Waals surface area contributed by atoms with Crippen LogP contribution in [0.1, 0.15) is 55.7 Å². The van der Waals surface area contributed by atoms with Gasteiger partial charge in [-0.3, -0.25) is 13.9 Å². The number of carbonyl (C=O) groups excluding carboxylic acids is 2. The van der Waals surface area contributed by atoms with E-state index >= 15 is 0 Å². The normalized spacial score (nSPS) is 14.9. The molecule has 0 aromatic heterocycles. The Kier molecular flexibility index (Phi) is 9.89. The zero-order valence-electron chi connectivity index (χ0n) is 21.8. The molecular formula is C27H35Cl2N3O4S. The van der Waals surface area contributed by atoms with Crippen LogP contribution in [0.2, 0.25) is 10.0 Å². The van der Waals surface area contributed by atoms with E-state index in [0.29, 0.717) is 27.7 Å². The fraction of sp³-hybridized carbons (Fsp3) is 0.481. The van der Waals surface area contributed by atoms with Crippen LogP contribution in [0.15, 0.2) is 36.4 Å². The molecule has 2 aromatic rings. The van der Waals surface area contributed by atoms with E-state index in [1.165, 1.54) is 4.90 Å². The summed E-state index contributed by atoms with van der Waals surface area (Å²) in [6.07, 6.45) is 5.33. The first kappa shape index (κ1) is 29.3. The number of nitrogens with zero attached hydrogens (tertiary/aromatic N) is 2. The first-order valence-corrected chi connectivity index (χ1v) is 15.1. The van der Waals surface area contributed by atoms with Gasteiger partial charge in [-0.05, 0) is 68.5 Å². The molecule has 7 nitrogen and oxygen atoms in total. The summed E-state index contributed by atoms with van der Waals surface area (Å²) in [5, 5.41) is 3.81. The lowest BCUT2D eigenvalue weighted by Crippen LogP contribution is -2.53. The lowest BCUT2D eigenvalue weighted by Gasteiger charge is -2.34. The second-order valence-electron chi connectivity index (χ2n) is 9.75. The topological polar surface area (TPSA) is 86.8 Å². The molecule has 2 aromatic carbocycles. The van der Waals surface area contributed by atoms with Crippen molar-refractivity contribution in [3.8, 4) is 0 Å². The molecule has 1 N–H and O–H groups in total. The second kappa shape index (κ2) is 12.5. The van der Waals surface area contributed by atoms with Gasteiger partial charge in [-0.15, -0.1) is 0 Å². The number of nitrogens with one attached hydrogen (secondary N) is 1. The van der Waals surface area contributed by atoms with Crippen LogP contribution in [-0.2, 0) is 26.2 Å². The third-order valence-corrected chi connectivity index (χ3v) is 8.50. The number of sulfonamides is 1. The number of amides is 2. The third kappa shape index (κ3) is 7.62. The Morgan fingerprint density at radius 1 is 1.05 bits per heavy atom. The minimum absolute atomic E-state index is 0.0294. The maximum Gasteiger partial charge on any atom is 0.244 e. The van der Waals surface area contributed by atoms with Gasteiger partial charge in [0.15, 0.2) is 0 Å². The fourth-order valence-electron chi connectivity index (χ4n) is 4.85. The molecule has 1 saturated carbocycles. The maximum absolute atomic E-state index is 13.9. The number of hydrogen-bond donors (Lipinski definition) is 1. The van der Waals surface area contributed by atoms with Gasteiger partial charge in [0, 0.05) is 28.2 Å². The number of benzene rings is 2. The molecule has 1 fully saturated rings. The average molecular weight is 569 g/mol. The minimum atomic E-state index is -3.81. The molecule has 0 bridgehead atoms. The van der Waals surface area contributed by atoms with E-state index in [1.54, 1.807) is 30.3 Å². The molecule has 1 aliphatic carbocycles. The second-order valence-corrected chi connectivity index (χ2v) is 12.5. The highest BCUT2D eigenvalue weighted by molar-refractivity contribution is 7.92. The molecule has 0 radical (unpaired) electrons. The Morgan fingerprint density at radius 2 is 1.62 bits per heavy atom. The quantitative estimate of drug-likeness (QED) is 0.425. The van der Waals surface area contributed by atoms with Gasteiger partial charge in [-0.2, -0.15) is 0 Å². The summed E-state index contributed by atoms with van der Waals surface area (Å²) in [5.41, 5.74) is 2.65. The average Bonchev–Trinajstić information content (AvgIpc) is 3.30. The van der Waals surface area contributed by atoms with E-state index in [4.69, 9.17) is 23.2 Å². The highest BCUT2D eigenvalue weighted by Crippen LogP contribution is 2.28. The van der Waals surface area contributed by atoms with Gasteiger partial charge in [0.25, 0.3) is 0 Å². The Hall–Kier alpha value is -2.29. The predicted molar refractivity (Wildman–Crippen MR) is 150 cm³/mol. The van der Waals surface area contributed by atoms with Crippen LogP contribution in [0.4, 0.5) is 5.69 Å². The fourth-order valence-corrected chi connectivity index (χ4v) is 6.20. The maximum atomic E-state index is 13.9. The van der Waals surface area contributed by atoms with Crippen LogP contribution < -0.4 is 9.62 Å². The summed E-state index contributed by atoms with van der Waals surface area (Å²) in [7, 11) is -3.81. The number of aryl methyl sites for hydroxylation is 2. The van der Waals surface area contributed by atoms with E-state index < -0.39 is 28.5 Å². The number of hydrogen-bond acceptors (Lipinski definition) is 4. The van der Waals surface area contributed by atoms with E-state index in [1.807, 2.05) is 26.8 Å². The van der Waals surface area contributed by atoms with Crippen LogP contribution in [-0.4, -0.2) is 50.0 Å². The predicted octanol–water partition coefficient (Wildman–Crippen LogP) is 5.24. The van der Waals surface area contributed by atoms with E-state index in [9.17, 15) is 18.0 Å². The zero-order valence-corrected chi connectivity index (χ0v) is 24.1.